The zero-order valence-corrected chi connectivity index (χ0v) is 6.24. The minimum Gasteiger partial charge on any atom is -0.506 e. The van der Waals surface area contributed by atoms with Gasteiger partial charge in [-0.05, 0) is 29.3 Å². The summed E-state index contributed by atoms with van der Waals surface area (Å²) in [6, 6.07) is 4.84. The second-order valence-corrected chi connectivity index (χ2v) is 2.27. The average Bonchev–Trinajstić information content (AvgIpc) is 2.05. The van der Waals surface area contributed by atoms with Crippen molar-refractivity contribution in [2.24, 2.45) is 5.18 Å². The maximum absolute atomic E-state index is 10.1. The minimum atomic E-state index is -0.0581. The monoisotopic (exact) mass is 151 g/mol. The number of nitroso groups, excluding NO2 is 1. The van der Waals surface area contributed by atoms with E-state index in [0.717, 1.165) is 12.0 Å². The van der Waals surface area contributed by atoms with E-state index in [1.165, 1.54) is 6.07 Å². The Labute approximate surface area is 64.7 Å². The standard InChI is InChI=1S/C8H9NO2/c1-2-6-3-4-8(10)7(5-6)9-11/h3-5,10H,2H2,1H3. The number of nitrogens with zero attached hydrogens (tertiary/aromatic N) is 1. The van der Waals surface area contributed by atoms with E-state index < -0.39 is 0 Å². The maximum Gasteiger partial charge on any atom is 0.149 e. The fourth-order valence-electron chi connectivity index (χ4n) is 0.862. The van der Waals surface area contributed by atoms with E-state index in [0.29, 0.717) is 0 Å². The lowest BCUT2D eigenvalue weighted by molar-refractivity contribution is 0.476. The van der Waals surface area contributed by atoms with Crippen molar-refractivity contribution in [2.75, 3.05) is 0 Å². The van der Waals surface area contributed by atoms with Crippen molar-refractivity contribution in [3.05, 3.63) is 28.7 Å². The largest absolute Gasteiger partial charge is 0.506 e. The zero-order chi connectivity index (χ0) is 8.27. The van der Waals surface area contributed by atoms with Crippen molar-refractivity contribution < 1.29 is 5.11 Å². The Balaban J connectivity index is 3.12. The van der Waals surface area contributed by atoms with Gasteiger partial charge in [-0.3, -0.25) is 0 Å². The molecule has 0 aliphatic carbocycles. The Bertz CT molecular complexity index is 271. The fraction of sp³-hybridized carbons (Fsp3) is 0.250. The molecule has 1 aromatic carbocycles. The molecule has 58 valence electrons. The van der Waals surface area contributed by atoms with Crippen LogP contribution in [-0.4, -0.2) is 5.11 Å². The summed E-state index contributed by atoms with van der Waals surface area (Å²) >= 11 is 0. The van der Waals surface area contributed by atoms with Gasteiger partial charge in [0.25, 0.3) is 0 Å². The van der Waals surface area contributed by atoms with E-state index in [1.807, 2.05) is 6.92 Å². The van der Waals surface area contributed by atoms with Crippen molar-refractivity contribution in [3.8, 4) is 5.75 Å². The van der Waals surface area contributed by atoms with Crippen LogP contribution in [0.25, 0.3) is 0 Å². The SMILES string of the molecule is CCc1ccc(O)c(N=O)c1. The smallest absolute Gasteiger partial charge is 0.149 e. The summed E-state index contributed by atoms with van der Waals surface area (Å²) in [5.41, 5.74) is 1.11. The molecule has 0 bridgehead atoms. The molecule has 0 amide bonds. The Morgan fingerprint density at radius 3 is 2.82 bits per heavy atom. The van der Waals surface area contributed by atoms with E-state index in [2.05, 4.69) is 5.18 Å². The summed E-state index contributed by atoms with van der Waals surface area (Å²) in [7, 11) is 0. The van der Waals surface area contributed by atoms with Gasteiger partial charge in [0, 0.05) is 0 Å². The molecule has 3 heteroatoms. The van der Waals surface area contributed by atoms with E-state index in [9.17, 15) is 4.91 Å². The van der Waals surface area contributed by atoms with Crippen molar-refractivity contribution in [1.82, 2.24) is 0 Å². The quantitative estimate of drug-likeness (QED) is 0.659. The Hall–Kier alpha value is -1.38. The summed E-state index contributed by atoms with van der Waals surface area (Å²) in [5, 5.41) is 11.7. The van der Waals surface area contributed by atoms with Gasteiger partial charge in [0.1, 0.15) is 11.4 Å². The number of aromatic hydroxyl groups is 1. The van der Waals surface area contributed by atoms with E-state index in [1.54, 1.807) is 12.1 Å². The molecule has 0 saturated carbocycles. The first kappa shape index (κ1) is 7.72. The van der Waals surface area contributed by atoms with Gasteiger partial charge < -0.3 is 5.11 Å². The van der Waals surface area contributed by atoms with Crippen LogP contribution in [0.2, 0.25) is 0 Å². The van der Waals surface area contributed by atoms with Crippen LogP contribution in [0.1, 0.15) is 12.5 Å². The van der Waals surface area contributed by atoms with Gasteiger partial charge in [-0.2, -0.15) is 0 Å². The molecule has 0 atom stereocenters. The normalized spacial score (nSPS) is 9.55. The number of phenolic OH excluding ortho intramolecular Hbond substituents is 1. The van der Waals surface area contributed by atoms with Crippen LogP contribution in [0.3, 0.4) is 0 Å². The third kappa shape index (κ3) is 1.55. The van der Waals surface area contributed by atoms with Crippen LogP contribution in [0, 0.1) is 4.91 Å². The third-order valence-corrected chi connectivity index (χ3v) is 1.55. The van der Waals surface area contributed by atoms with Gasteiger partial charge in [0.05, 0.1) is 0 Å². The summed E-state index contributed by atoms with van der Waals surface area (Å²) in [4.78, 5) is 10.1. The van der Waals surface area contributed by atoms with Crippen molar-refractivity contribution in [1.29, 1.82) is 0 Å². The molecule has 0 unspecified atom stereocenters. The Morgan fingerprint density at radius 2 is 2.27 bits per heavy atom. The second-order valence-electron chi connectivity index (χ2n) is 2.27. The Kier molecular flexibility index (Phi) is 2.21. The molecule has 1 N–H and O–H groups in total. The topological polar surface area (TPSA) is 49.7 Å². The number of benzene rings is 1. The van der Waals surface area contributed by atoms with E-state index >= 15 is 0 Å². The highest BCUT2D eigenvalue weighted by Crippen LogP contribution is 2.26. The molecule has 0 heterocycles. The summed E-state index contributed by atoms with van der Waals surface area (Å²) in [6.45, 7) is 1.97. The van der Waals surface area contributed by atoms with Crippen molar-refractivity contribution in [3.63, 3.8) is 0 Å². The van der Waals surface area contributed by atoms with Gasteiger partial charge in [-0.25, -0.2) is 0 Å². The maximum atomic E-state index is 10.1. The van der Waals surface area contributed by atoms with Crippen LogP contribution in [0.15, 0.2) is 23.4 Å². The van der Waals surface area contributed by atoms with Crippen LogP contribution in [0.4, 0.5) is 5.69 Å². The minimum absolute atomic E-state index is 0.0581. The number of hydrogen-bond donors (Lipinski definition) is 1. The molecular weight excluding hydrogens is 142 g/mol. The molecule has 0 aliphatic heterocycles. The lowest BCUT2D eigenvalue weighted by Gasteiger charge is -1.97. The lowest BCUT2D eigenvalue weighted by Crippen LogP contribution is -1.77. The summed E-state index contributed by atoms with van der Waals surface area (Å²) in [6.07, 6.45) is 0.836. The van der Waals surface area contributed by atoms with Gasteiger partial charge in [0.15, 0.2) is 0 Å². The number of phenols is 1. The van der Waals surface area contributed by atoms with Gasteiger partial charge >= 0.3 is 0 Å². The molecule has 11 heavy (non-hydrogen) atoms. The number of aryl methyl sites for hydroxylation is 1. The molecule has 0 aromatic heterocycles. The summed E-state index contributed by atoms with van der Waals surface area (Å²) < 4.78 is 0. The van der Waals surface area contributed by atoms with Crippen molar-refractivity contribution >= 4 is 5.69 Å². The first-order valence-electron chi connectivity index (χ1n) is 3.43. The number of rotatable bonds is 2. The van der Waals surface area contributed by atoms with Crippen LogP contribution < -0.4 is 0 Å². The molecule has 0 radical (unpaired) electrons. The highest BCUT2D eigenvalue weighted by molar-refractivity contribution is 5.52. The first-order chi connectivity index (χ1) is 5.27. The van der Waals surface area contributed by atoms with Crippen LogP contribution >= 0.6 is 0 Å². The molecular formula is C8H9NO2. The van der Waals surface area contributed by atoms with Gasteiger partial charge in [0.2, 0.25) is 0 Å². The summed E-state index contributed by atoms with van der Waals surface area (Å²) in [5.74, 6) is -0.0581. The molecule has 0 saturated heterocycles. The van der Waals surface area contributed by atoms with E-state index in [4.69, 9.17) is 5.11 Å². The average molecular weight is 151 g/mol. The number of hydrogen-bond acceptors (Lipinski definition) is 3. The zero-order valence-electron chi connectivity index (χ0n) is 6.24. The molecule has 0 aliphatic rings. The first-order valence-corrected chi connectivity index (χ1v) is 3.43. The molecule has 1 aromatic rings. The Morgan fingerprint density at radius 1 is 1.55 bits per heavy atom. The van der Waals surface area contributed by atoms with Crippen molar-refractivity contribution in [2.45, 2.75) is 13.3 Å². The molecule has 3 nitrogen and oxygen atoms in total. The predicted octanol–water partition coefficient (Wildman–Crippen LogP) is 2.35. The highest BCUT2D eigenvalue weighted by atomic mass is 16.3. The molecule has 0 fully saturated rings. The fourth-order valence-corrected chi connectivity index (χ4v) is 0.862. The molecule has 1 rings (SSSR count). The van der Waals surface area contributed by atoms with Crippen LogP contribution in [-0.2, 0) is 6.42 Å². The molecule has 0 spiro atoms. The lowest BCUT2D eigenvalue weighted by atomic mass is 10.1. The highest BCUT2D eigenvalue weighted by Gasteiger charge is 2.00. The van der Waals surface area contributed by atoms with Gasteiger partial charge in [-0.1, -0.05) is 13.0 Å². The van der Waals surface area contributed by atoms with Crippen LogP contribution in [0.5, 0.6) is 5.75 Å². The van der Waals surface area contributed by atoms with E-state index in [-0.39, 0.29) is 11.4 Å². The predicted molar refractivity (Wildman–Crippen MR) is 42.9 cm³/mol. The second kappa shape index (κ2) is 3.14. The third-order valence-electron chi connectivity index (χ3n) is 1.55. The van der Waals surface area contributed by atoms with Gasteiger partial charge in [-0.15, -0.1) is 4.91 Å².